The molecule has 0 aliphatic carbocycles. The number of aliphatic hydroxyl groups is 1. The van der Waals surface area contributed by atoms with Crippen LogP contribution in [0.5, 0.6) is 0 Å². The molecule has 0 aromatic heterocycles. The third-order valence-electron chi connectivity index (χ3n) is 4.31. The quantitative estimate of drug-likeness (QED) is 0.895. The normalized spacial score (nSPS) is 22.0. The van der Waals surface area contributed by atoms with Crippen molar-refractivity contribution in [1.29, 1.82) is 0 Å². The van der Waals surface area contributed by atoms with Crippen molar-refractivity contribution >= 4 is 5.91 Å². The Morgan fingerprint density at radius 2 is 1.79 bits per heavy atom. The van der Waals surface area contributed by atoms with Gasteiger partial charge in [0.2, 0.25) is 5.91 Å². The average Bonchev–Trinajstić information content (AvgIpc) is 2.85. The maximum atomic E-state index is 12.7. The molecule has 1 N–H and O–H groups in total. The molecule has 1 aromatic rings. The molecule has 1 heterocycles. The average molecular weight is 343 g/mol. The fraction of sp³-hybridized carbons (Fsp3) is 0.611. The van der Waals surface area contributed by atoms with Gasteiger partial charge in [-0.2, -0.15) is 13.2 Å². The van der Waals surface area contributed by atoms with E-state index in [0.717, 1.165) is 18.6 Å². The summed E-state index contributed by atoms with van der Waals surface area (Å²) in [5.41, 5.74) is -0.0586. The molecule has 1 aliphatic heterocycles. The number of hydrogen-bond acceptors (Lipinski definition) is 2. The molecule has 3 nitrogen and oxygen atoms in total. The van der Waals surface area contributed by atoms with Crippen LogP contribution in [-0.2, 0) is 11.0 Å². The zero-order valence-electron chi connectivity index (χ0n) is 14.2. The van der Waals surface area contributed by atoms with Crippen LogP contribution in [0.15, 0.2) is 24.3 Å². The topological polar surface area (TPSA) is 40.5 Å². The Bertz CT molecular complexity index is 575. The van der Waals surface area contributed by atoms with Gasteiger partial charge in [0, 0.05) is 13.0 Å². The van der Waals surface area contributed by atoms with Crippen LogP contribution in [0.3, 0.4) is 0 Å². The van der Waals surface area contributed by atoms with Crippen molar-refractivity contribution in [2.24, 2.45) is 5.41 Å². The number of aliphatic hydroxyl groups excluding tert-OH is 1. The Kier molecular flexibility index (Phi) is 5.28. The number of amides is 1. The molecule has 0 bridgehead atoms. The third-order valence-corrected chi connectivity index (χ3v) is 4.31. The van der Waals surface area contributed by atoms with Gasteiger partial charge in [0.05, 0.1) is 17.7 Å². The second-order valence-corrected chi connectivity index (χ2v) is 7.63. The zero-order chi connectivity index (χ0) is 18.1. The lowest BCUT2D eigenvalue weighted by Gasteiger charge is -2.27. The zero-order valence-corrected chi connectivity index (χ0v) is 14.2. The van der Waals surface area contributed by atoms with E-state index in [4.69, 9.17) is 0 Å². The fourth-order valence-corrected chi connectivity index (χ4v) is 2.93. The van der Waals surface area contributed by atoms with E-state index in [1.165, 1.54) is 12.1 Å². The molecule has 1 aromatic carbocycles. The molecule has 2 atom stereocenters. The van der Waals surface area contributed by atoms with Gasteiger partial charge >= 0.3 is 6.18 Å². The lowest BCUT2D eigenvalue weighted by atomic mass is 9.90. The summed E-state index contributed by atoms with van der Waals surface area (Å²) in [6, 6.07) is 4.48. The van der Waals surface area contributed by atoms with Crippen LogP contribution >= 0.6 is 0 Å². The standard InChI is InChI=1S/C18H24F3NO2/c1-17(2,3)9-8-16(24)22-11-14(23)10-15(22)12-4-6-13(7-5-12)18(19,20)21/h4-7,14-15,23H,8-11H2,1-3H3. The first kappa shape index (κ1) is 18.8. The molecule has 0 spiro atoms. The monoisotopic (exact) mass is 343 g/mol. The van der Waals surface area contributed by atoms with Gasteiger partial charge in [0.1, 0.15) is 0 Å². The maximum Gasteiger partial charge on any atom is 0.416 e. The number of alkyl halides is 3. The van der Waals surface area contributed by atoms with E-state index in [-0.39, 0.29) is 23.9 Å². The molecule has 1 saturated heterocycles. The van der Waals surface area contributed by atoms with Gasteiger partial charge in [-0.15, -0.1) is 0 Å². The Balaban J connectivity index is 2.14. The number of carbonyl (C=O) groups excluding carboxylic acids is 1. The highest BCUT2D eigenvalue weighted by molar-refractivity contribution is 5.77. The van der Waals surface area contributed by atoms with Gasteiger partial charge < -0.3 is 10.0 Å². The smallest absolute Gasteiger partial charge is 0.391 e. The minimum Gasteiger partial charge on any atom is -0.391 e. The van der Waals surface area contributed by atoms with E-state index in [1.807, 2.05) is 20.8 Å². The summed E-state index contributed by atoms with van der Waals surface area (Å²) in [6.07, 6.45) is -3.58. The number of benzene rings is 1. The Labute approximate surface area is 140 Å². The second kappa shape index (κ2) is 6.75. The molecule has 1 aliphatic rings. The summed E-state index contributed by atoms with van der Waals surface area (Å²) >= 11 is 0. The first-order valence-electron chi connectivity index (χ1n) is 8.12. The number of halogens is 3. The molecule has 0 saturated carbocycles. The summed E-state index contributed by atoms with van der Waals surface area (Å²) < 4.78 is 38.0. The lowest BCUT2D eigenvalue weighted by Crippen LogP contribution is -2.32. The highest BCUT2D eigenvalue weighted by atomic mass is 19.4. The van der Waals surface area contributed by atoms with Crippen LogP contribution in [0.1, 0.15) is 57.2 Å². The molecule has 134 valence electrons. The van der Waals surface area contributed by atoms with Crippen molar-refractivity contribution < 1.29 is 23.1 Å². The minimum absolute atomic E-state index is 0.0256. The molecule has 1 amide bonds. The molecule has 1 fully saturated rings. The second-order valence-electron chi connectivity index (χ2n) is 7.63. The van der Waals surface area contributed by atoms with Gasteiger partial charge in [-0.05, 0) is 36.0 Å². The SMILES string of the molecule is CC(C)(C)CCC(=O)N1CC(O)CC1c1ccc(C(F)(F)F)cc1. The first-order valence-corrected chi connectivity index (χ1v) is 8.12. The summed E-state index contributed by atoms with van der Waals surface area (Å²) in [5, 5.41) is 9.92. The van der Waals surface area contributed by atoms with Crippen LogP contribution in [0.25, 0.3) is 0 Å². The van der Waals surface area contributed by atoms with E-state index < -0.39 is 17.8 Å². The molecular formula is C18H24F3NO2. The first-order chi connectivity index (χ1) is 11.0. The Hall–Kier alpha value is -1.56. The summed E-state index contributed by atoms with van der Waals surface area (Å²) in [4.78, 5) is 14.1. The number of hydrogen-bond donors (Lipinski definition) is 1. The van der Waals surface area contributed by atoms with Crippen LogP contribution in [0.4, 0.5) is 13.2 Å². The predicted molar refractivity (Wildman–Crippen MR) is 85.2 cm³/mol. The van der Waals surface area contributed by atoms with Crippen LogP contribution in [0.2, 0.25) is 0 Å². The van der Waals surface area contributed by atoms with Crippen molar-refractivity contribution in [2.45, 2.75) is 58.4 Å². The molecule has 0 radical (unpaired) electrons. The van der Waals surface area contributed by atoms with E-state index >= 15 is 0 Å². The van der Waals surface area contributed by atoms with E-state index in [9.17, 15) is 23.1 Å². The predicted octanol–water partition coefficient (Wildman–Crippen LogP) is 4.17. The highest BCUT2D eigenvalue weighted by Crippen LogP contribution is 2.36. The van der Waals surface area contributed by atoms with Crippen LogP contribution < -0.4 is 0 Å². The van der Waals surface area contributed by atoms with Crippen LogP contribution in [0, 0.1) is 5.41 Å². The fourth-order valence-electron chi connectivity index (χ4n) is 2.93. The van der Waals surface area contributed by atoms with Gasteiger partial charge in [-0.3, -0.25) is 4.79 Å². The number of nitrogens with zero attached hydrogens (tertiary/aromatic N) is 1. The molecular weight excluding hydrogens is 319 g/mol. The number of likely N-dealkylation sites (tertiary alicyclic amines) is 1. The van der Waals surface area contributed by atoms with E-state index in [0.29, 0.717) is 18.4 Å². The van der Waals surface area contributed by atoms with E-state index in [1.54, 1.807) is 4.90 Å². The molecule has 6 heteroatoms. The molecule has 2 rings (SSSR count). The van der Waals surface area contributed by atoms with Crippen molar-refractivity contribution in [3.8, 4) is 0 Å². The maximum absolute atomic E-state index is 12.7. The Morgan fingerprint density at radius 1 is 1.21 bits per heavy atom. The minimum atomic E-state index is -4.38. The summed E-state index contributed by atoms with van der Waals surface area (Å²) in [6.45, 7) is 6.38. The number of β-amino-alcohol motifs (C(OH)–C–C–N with tert-alkyl or cyclic N) is 1. The van der Waals surface area contributed by atoms with Gasteiger partial charge in [0.15, 0.2) is 0 Å². The largest absolute Gasteiger partial charge is 0.416 e. The van der Waals surface area contributed by atoms with Crippen molar-refractivity contribution in [3.63, 3.8) is 0 Å². The lowest BCUT2D eigenvalue weighted by molar-refractivity contribution is -0.137. The highest BCUT2D eigenvalue weighted by Gasteiger charge is 2.36. The number of carbonyl (C=O) groups is 1. The van der Waals surface area contributed by atoms with Gasteiger partial charge in [-0.1, -0.05) is 32.9 Å². The third kappa shape index (κ3) is 4.72. The van der Waals surface area contributed by atoms with Crippen molar-refractivity contribution in [1.82, 2.24) is 4.90 Å². The summed E-state index contributed by atoms with van der Waals surface area (Å²) in [5.74, 6) is -0.0635. The van der Waals surface area contributed by atoms with E-state index in [2.05, 4.69) is 0 Å². The summed E-state index contributed by atoms with van der Waals surface area (Å²) in [7, 11) is 0. The number of rotatable bonds is 3. The molecule has 2 unspecified atom stereocenters. The molecule has 24 heavy (non-hydrogen) atoms. The van der Waals surface area contributed by atoms with Crippen molar-refractivity contribution in [3.05, 3.63) is 35.4 Å². The van der Waals surface area contributed by atoms with Gasteiger partial charge in [0.25, 0.3) is 0 Å². The van der Waals surface area contributed by atoms with Crippen LogP contribution in [-0.4, -0.2) is 28.6 Å². The Morgan fingerprint density at radius 3 is 2.29 bits per heavy atom. The van der Waals surface area contributed by atoms with Gasteiger partial charge in [-0.25, -0.2) is 0 Å². The van der Waals surface area contributed by atoms with Crippen molar-refractivity contribution in [2.75, 3.05) is 6.54 Å².